The van der Waals surface area contributed by atoms with Crippen LogP contribution in [0, 0.1) is 24.7 Å². The first-order chi connectivity index (χ1) is 23.2. The topological polar surface area (TPSA) is 45.3 Å². The summed E-state index contributed by atoms with van der Waals surface area (Å²) in [5.74, 6) is 4.37. The van der Waals surface area contributed by atoms with Gasteiger partial charge in [-0.3, -0.25) is 14.6 Å². The van der Waals surface area contributed by atoms with Gasteiger partial charge in [0.25, 0.3) is 0 Å². The van der Waals surface area contributed by atoms with Crippen LogP contribution in [0.5, 0.6) is 11.5 Å². The largest absolute Gasteiger partial charge is 0.496 e. The van der Waals surface area contributed by atoms with Crippen LogP contribution in [0.2, 0.25) is 0 Å². The number of benzene rings is 2. The summed E-state index contributed by atoms with van der Waals surface area (Å²) in [4.78, 5) is 17.3. The van der Waals surface area contributed by atoms with Crippen molar-refractivity contribution in [3.8, 4) is 23.8 Å². The summed E-state index contributed by atoms with van der Waals surface area (Å²) in [5.41, 5.74) is 11.8. The quantitative estimate of drug-likeness (QED) is 0.168. The number of carbonyl (C=O) groups excluding carboxylic acids is 1. The van der Waals surface area contributed by atoms with E-state index in [0.29, 0.717) is 17.9 Å². The number of aldehydes is 1. The first-order valence-corrected chi connectivity index (χ1v) is 17.5. The van der Waals surface area contributed by atoms with Gasteiger partial charge >= 0.3 is 0 Å². The number of ether oxygens (including phenoxy) is 2. The molecule has 6 nitrogen and oxygen atoms in total. The molecule has 0 aliphatic carbocycles. The fourth-order valence-electron chi connectivity index (χ4n) is 6.90. The van der Waals surface area contributed by atoms with Gasteiger partial charge in [0, 0.05) is 67.9 Å². The third-order valence-electron chi connectivity index (χ3n) is 10.2. The van der Waals surface area contributed by atoms with Crippen molar-refractivity contribution in [2.45, 2.75) is 86.4 Å². The lowest BCUT2D eigenvalue weighted by molar-refractivity contribution is -0.104. The van der Waals surface area contributed by atoms with E-state index in [0.717, 1.165) is 62.6 Å². The lowest BCUT2D eigenvalue weighted by Gasteiger charge is -2.36. The Balaban J connectivity index is 0.000000471. The van der Waals surface area contributed by atoms with Gasteiger partial charge in [0.05, 0.1) is 12.7 Å². The fraction of sp³-hybridized carbons (Fsp3) is 0.465. The molecule has 2 aromatic rings. The van der Waals surface area contributed by atoms with E-state index in [1.807, 2.05) is 20.8 Å². The highest BCUT2D eigenvalue weighted by molar-refractivity contribution is 5.83. The van der Waals surface area contributed by atoms with Crippen LogP contribution in [-0.2, 0) is 17.8 Å². The summed E-state index contributed by atoms with van der Waals surface area (Å²) in [6.45, 7) is 23.1. The minimum atomic E-state index is -0.0113. The summed E-state index contributed by atoms with van der Waals surface area (Å²) < 4.78 is 12.6. The van der Waals surface area contributed by atoms with E-state index in [4.69, 9.17) is 15.9 Å². The molecule has 3 heterocycles. The molecule has 1 unspecified atom stereocenters. The molecule has 0 saturated carbocycles. The molecule has 1 atom stereocenters. The predicted molar refractivity (Wildman–Crippen MR) is 204 cm³/mol. The standard InChI is InChI=1S/C34H45N3O2.C9H12O/c1-22-18-27(32-20-36(7)25(4)23(2)24(32)3)19-34(38-8)31(22)21-37-16-12-28(13-17-37)39-33-11-9-10-29-26(5)35(6)15-14-30(29)33;1-5-8(7-10)6-9(2,3)4/h9-11,18-20,26,28H,4,12-17,21H2,1-3,5-8H3;1,6-7H,2-4H3/b;8-6+. The van der Waals surface area contributed by atoms with Gasteiger partial charge in [-0.25, -0.2) is 0 Å². The van der Waals surface area contributed by atoms with Crippen molar-refractivity contribution in [2.24, 2.45) is 5.41 Å². The second kappa shape index (κ2) is 16.1. The van der Waals surface area contributed by atoms with E-state index in [1.54, 1.807) is 13.2 Å². The Hall–Kier alpha value is -4.05. The molecule has 1 fully saturated rings. The predicted octanol–water partition coefficient (Wildman–Crippen LogP) is 8.52. The fourth-order valence-corrected chi connectivity index (χ4v) is 6.90. The SMILES string of the molecule is C#C/C(C=O)=C\C(C)(C)C.C=C1C(C)=C(C)C(c2cc(C)c(CN3CCC(Oc4cccc5c4CCN(C)C5C)CC3)c(OC)c2)=CN1C. The normalized spacial score (nSPS) is 19.4. The molecular formula is C43H57N3O3. The third-order valence-corrected chi connectivity index (χ3v) is 10.2. The molecule has 3 aliphatic rings. The highest BCUT2D eigenvalue weighted by Gasteiger charge is 2.27. The number of piperidine rings is 1. The zero-order valence-corrected chi connectivity index (χ0v) is 31.6. The Labute approximate surface area is 296 Å². The maximum Gasteiger partial charge on any atom is 0.158 e. The van der Waals surface area contributed by atoms with Crippen LogP contribution in [0.4, 0.5) is 0 Å². The average Bonchev–Trinajstić information content (AvgIpc) is 3.07. The van der Waals surface area contributed by atoms with Crippen molar-refractivity contribution in [1.29, 1.82) is 0 Å². The van der Waals surface area contributed by atoms with Crippen LogP contribution in [0.25, 0.3) is 5.57 Å². The number of methoxy groups -OCH3 is 1. The Bertz CT molecular complexity index is 1670. The summed E-state index contributed by atoms with van der Waals surface area (Å²) in [5, 5.41) is 0. The van der Waals surface area contributed by atoms with Gasteiger partial charge in [0.2, 0.25) is 0 Å². The van der Waals surface area contributed by atoms with Gasteiger partial charge in [-0.2, -0.15) is 0 Å². The third kappa shape index (κ3) is 9.15. The Kier molecular flexibility index (Phi) is 12.4. The lowest BCUT2D eigenvalue weighted by Crippen LogP contribution is -2.38. The Morgan fingerprint density at radius 1 is 1.06 bits per heavy atom. The number of terminal acetylenes is 1. The number of nitrogens with zero attached hydrogens (tertiary/aromatic N) is 3. The summed E-state index contributed by atoms with van der Waals surface area (Å²) in [7, 11) is 6.07. The van der Waals surface area contributed by atoms with Crippen LogP contribution in [-0.4, -0.2) is 67.9 Å². The second-order valence-electron chi connectivity index (χ2n) is 14.9. The molecule has 0 bridgehead atoms. The number of carbonyl (C=O) groups is 1. The molecule has 0 aromatic heterocycles. The first-order valence-electron chi connectivity index (χ1n) is 17.5. The first kappa shape index (κ1) is 37.8. The Morgan fingerprint density at radius 2 is 1.76 bits per heavy atom. The molecule has 0 radical (unpaired) electrons. The monoisotopic (exact) mass is 663 g/mol. The smallest absolute Gasteiger partial charge is 0.158 e. The van der Waals surface area contributed by atoms with Crippen molar-refractivity contribution in [2.75, 3.05) is 40.8 Å². The van der Waals surface area contributed by atoms with Crippen LogP contribution in [0.1, 0.15) is 88.2 Å². The van der Waals surface area contributed by atoms with Gasteiger partial charge in [-0.1, -0.05) is 57.5 Å². The van der Waals surface area contributed by atoms with Crippen molar-refractivity contribution in [3.05, 3.63) is 99.4 Å². The summed E-state index contributed by atoms with van der Waals surface area (Å²) in [6.07, 6.45) is 13.1. The van der Waals surface area contributed by atoms with Crippen molar-refractivity contribution in [3.63, 3.8) is 0 Å². The highest BCUT2D eigenvalue weighted by Crippen LogP contribution is 2.38. The van der Waals surface area contributed by atoms with Crippen molar-refractivity contribution >= 4 is 11.9 Å². The molecule has 5 rings (SSSR count). The van der Waals surface area contributed by atoms with Gasteiger partial charge in [-0.05, 0) is 99.4 Å². The highest BCUT2D eigenvalue weighted by atomic mass is 16.5. The molecule has 0 N–H and O–H groups in total. The summed E-state index contributed by atoms with van der Waals surface area (Å²) >= 11 is 0. The van der Waals surface area contributed by atoms with Crippen molar-refractivity contribution < 1.29 is 14.3 Å². The minimum absolute atomic E-state index is 0.0113. The average molecular weight is 664 g/mol. The van der Waals surface area contributed by atoms with Gasteiger partial charge in [0.15, 0.2) is 6.29 Å². The number of aryl methyl sites for hydroxylation is 1. The molecule has 6 heteroatoms. The van der Waals surface area contributed by atoms with Gasteiger partial charge in [0.1, 0.15) is 17.6 Å². The van der Waals surface area contributed by atoms with Gasteiger partial charge < -0.3 is 14.4 Å². The van der Waals surface area contributed by atoms with E-state index >= 15 is 0 Å². The van der Waals surface area contributed by atoms with Crippen molar-refractivity contribution in [1.82, 2.24) is 14.7 Å². The number of hydrogen-bond donors (Lipinski definition) is 0. The number of likely N-dealkylation sites (N-methyl/N-ethyl adjacent to an activating group) is 2. The van der Waals surface area contributed by atoms with E-state index in [9.17, 15) is 4.79 Å². The van der Waals surface area contributed by atoms with E-state index < -0.39 is 0 Å². The molecule has 2 aromatic carbocycles. The number of rotatable bonds is 7. The second-order valence-corrected chi connectivity index (χ2v) is 14.9. The maximum absolute atomic E-state index is 10.2. The van der Waals surface area contributed by atoms with E-state index in [-0.39, 0.29) is 11.5 Å². The molecule has 0 spiro atoms. The molecule has 262 valence electrons. The molecule has 0 amide bonds. The molecule has 3 aliphatic heterocycles. The van der Waals surface area contributed by atoms with Crippen LogP contribution in [0.15, 0.2) is 71.6 Å². The lowest BCUT2D eigenvalue weighted by atomic mass is 9.90. The maximum atomic E-state index is 10.2. The number of hydrogen-bond acceptors (Lipinski definition) is 6. The van der Waals surface area contributed by atoms with Crippen LogP contribution >= 0.6 is 0 Å². The number of likely N-dealkylation sites (tertiary alicyclic amines) is 1. The number of allylic oxidation sites excluding steroid dienone is 5. The summed E-state index contributed by atoms with van der Waals surface area (Å²) in [6, 6.07) is 11.6. The molecule has 49 heavy (non-hydrogen) atoms. The van der Waals surface area contributed by atoms with Gasteiger partial charge in [-0.15, -0.1) is 6.42 Å². The Morgan fingerprint density at radius 3 is 2.35 bits per heavy atom. The molecular weight excluding hydrogens is 606 g/mol. The number of fused-ring (bicyclic) bond motifs is 1. The van der Waals surface area contributed by atoms with E-state index in [1.165, 1.54) is 44.5 Å². The minimum Gasteiger partial charge on any atom is -0.496 e. The molecule has 1 saturated heterocycles. The zero-order valence-electron chi connectivity index (χ0n) is 31.6. The van der Waals surface area contributed by atoms with E-state index in [2.05, 4.69) is 106 Å². The van der Waals surface area contributed by atoms with Crippen LogP contribution in [0.3, 0.4) is 0 Å². The van der Waals surface area contributed by atoms with Crippen LogP contribution < -0.4 is 9.47 Å². The zero-order chi connectivity index (χ0) is 36.0.